The molecular formula is C27H31BrN2O3. The minimum Gasteiger partial charge on any atom is -0.483 e. The summed E-state index contributed by atoms with van der Waals surface area (Å²) in [5, 5.41) is 5.04. The number of benzene rings is 3. The van der Waals surface area contributed by atoms with Gasteiger partial charge >= 0.3 is 0 Å². The fourth-order valence-electron chi connectivity index (χ4n) is 3.57. The van der Waals surface area contributed by atoms with Crippen LogP contribution in [0.15, 0.2) is 71.2 Å². The summed E-state index contributed by atoms with van der Waals surface area (Å²) in [6.07, 6.45) is 0.661. The molecule has 3 aromatic rings. The maximum atomic E-state index is 13.2. The normalized spacial score (nSPS) is 11.9. The molecule has 0 aliphatic heterocycles. The van der Waals surface area contributed by atoms with Crippen LogP contribution in [0.5, 0.6) is 5.75 Å². The van der Waals surface area contributed by atoms with E-state index in [0.717, 1.165) is 20.8 Å². The quantitative estimate of drug-likeness (QED) is 0.407. The molecule has 33 heavy (non-hydrogen) atoms. The van der Waals surface area contributed by atoms with Crippen LogP contribution in [0.3, 0.4) is 0 Å². The Morgan fingerprint density at radius 1 is 0.970 bits per heavy atom. The number of nitrogens with one attached hydrogen (secondary N) is 1. The summed E-state index contributed by atoms with van der Waals surface area (Å²) in [6.45, 7) is 6.71. The Bertz CT molecular complexity index is 1090. The smallest absolute Gasteiger partial charge is 0.261 e. The van der Waals surface area contributed by atoms with Gasteiger partial charge in [0.25, 0.3) is 5.91 Å². The lowest BCUT2D eigenvalue weighted by Gasteiger charge is -2.29. The lowest BCUT2D eigenvalue weighted by molar-refractivity contribution is -0.141. The van der Waals surface area contributed by atoms with E-state index in [-0.39, 0.29) is 18.4 Å². The number of carbonyl (C=O) groups excluding carboxylic acids is 2. The molecule has 2 amide bonds. The zero-order chi connectivity index (χ0) is 23.8. The summed E-state index contributed by atoms with van der Waals surface area (Å²) in [6, 6.07) is 21.2. The van der Waals surface area contributed by atoms with Gasteiger partial charge in [-0.2, -0.15) is 0 Å². The molecule has 3 rings (SSSR count). The number of ether oxygens (including phenoxy) is 1. The maximum absolute atomic E-state index is 13.2. The second-order valence-corrected chi connectivity index (χ2v) is 9.32. The van der Waals surface area contributed by atoms with E-state index >= 15 is 0 Å². The highest BCUT2D eigenvalue weighted by atomic mass is 79.9. The molecule has 0 fully saturated rings. The van der Waals surface area contributed by atoms with Crippen molar-refractivity contribution in [2.45, 2.75) is 33.2 Å². The van der Waals surface area contributed by atoms with E-state index in [2.05, 4.69) is 21.2 Å². The van der Waals surface area contributed by atoms with E-state index < -0.39 is 6.04 Å². The van der Waals surface area contributed by atoms with Gasteiger partial charge in [-0.05, 0) is 57.6 Å². The Kier molecular flexibility index (Phi) is 8.89. The predicted molar refractivity (Wildman–Crippen MR) is 136 cm³/mol. The molecule has 0 saturated carbocycles. The first-order valence-corrected chi connectivity index (χ1v) is 12.1. The van der Waals surface area contributed by atoms with Gasteiger partial charge in [-0.1, -0.05) is 74.5 Å². The van der Waals surface area contributed by atoms with Crippen molar-refractivity contribution in [3.05, 3.63) is 76.8 Å². The molecular weight excluding hydrogens is 480 g/mol. The number of fused-ring (bicyclic) bond motifs is 1. The molecule has 0 unspecified atom stereocenters. The standard InChI is InChI=1S/C27H31BrN2O3/c1-19(2)17-29-27(32)20(3)30(16-15-21-9-5-4-6-10-21)25(31)18-33-24-14-13-22-11-7-8-12-23(22)26(24)28/h4-14,19-20H,15-18H2,1-3H3,(H,29,32)/t20-/m1/s1. The number of carbonyl (C=O) groups is 2. The fraction of sp³-hybridized carbons (Fsp3) is 0.333. The first kappa shape index (κ1) is 24.8. The van der Waals surface area contributed by atoms with Crippen LogP contribution in [0.25, 0.3) is 10.8 Å². The molecule has 0 aliphatic rings. The zero-order valence-electron chi connectivity index (χ0n) is 19.4. The van der Waals surface area contributed by atoms with E-state index in [4.69, 9.17) is 4.74 Å². The van der Waals surface area contributed by atoms with Gasteiger partial charge in [0.15, 0.2) is 6.61 Å². The highest BCUT2D eigenvalue weighted by Gasteiger charge is 2.26. The van der Waals surface area contributed by atoms with Crippen LogP contribution < -0.4 is 10.1 Å². The molecule has 0 radical (unpaired) electrons. The predicted octanol–water partition coefficient (Wildman–Crippen LogP) is 5.21. The molecule has 0 aliphatic carbocycles. The number of hydrogen-bond acceptors (Lipinski definition) is 3. The van der Waals surface area contributed by atoms with Gasteiger partial charge in [-0.25, -0.2) is 0 Å². The Balaban J connectivity index is 1.72. The maximum Gasteiger partial charge on any atom is 0.261 e. The highest BCUT2D eigenvalue weighted by molar-refractivity contribution is 9.10. The van der Waals surface area contributed by atoms with Crippen molar-refractivity contribution < 1.29 is 14.3 Å². The second kappa shape index (κ2) is 11.8. The first-order chi connectivity index (χ1) is 15.9. The minimum absolute atomic E-state index is 0.145. The van der Waals surface area contributed by atoms with Crippen molar-refractivity contribution in [2.24, 2.45) is 5.92 Å². The summed E-state index contributed by atoms with van der Waals surface area (Å²) in [5.74, 6) is 0.556. The van der Waals surface area contributed by atoms with Gasteiger partial charge in [0.2, 0.25) is 5.91 Å². The van der Waals surface area contributed by atoms with Crippen molar-refractivity contribution in [3.63, 3.8) is 0 Å². The van der Waals surface area contributed by atoms with E-state index in [9.17, 15) is 9.59 Å². The van der Waals surface area contributed by atoms with Crippen molar-refractivity contribution in [3.8, 4) is 5.75 Å². The number of halogens is 1. The highest BCUT2D eigenvalue weighted by Crippen LogP contribution is 2.33. The minimum atomic E-state index is -0.594. The van der Waals surface area contributed by atoms with Gasteiger partial charge in [0.05, 0.1) is 4.47 Å². The lowest BCUT2D eigenvalue weighted by atomic mass is 10.1. The van der Waals surface area contributed by atoms with Gasteiger partial charge in [-0.15, -0.1) is 0 Å². The third-order valence-corrected chi connectivity index (χ3v) is 6.33. The Labute approximate surface area is 204 Å². The second-order valence-electron chi connectivity index (χ2n) is 8.53. The van der Waals surface area contributed by atoms with Crippen LogP contribution in [-0.4, -0.2) is 42.5 Å². The first-order valence-electron chi connectivity index (χ1n) is 11.3. The Morgan fingerprint density at radius 2 is 1.67 bits per heavy atom. The van der Waals surface area contributed by atoms with Crippen LogP contribution >= 0.6 is 15.9 Å². The van der Waals surface area contributed by atoms with E-state index in [1.165, 1.54) is 0 Å². The molecule has 1 N–H and O–H groups in total. The van der Waals surface area contributed by atoms with Crippen LogP contribution in [-0.2, 0) is 16.0 Å². The summed E-state index contributed by atoms with van der Waals surface area (Å²) in [7, 11) is 0. The molecule has 0 saturated heterocycles. The molecule has 5 nitrogen and oxygen atoms in total. The van der Waals surface area contributed by atoms with Gasteiger partial charge in [0.1, 0.15) is 11.8 Å². The van der Waals surface area contributed by atoms with Crippen LogP contribution in [0.2, 0.25) is 0 Å². The fourth-order valence-corrected chi connectivity index (χ4v) is 4.18. The van der Waals surface area contributed by atoms with E-state index in [1.54, 1.807) is 11.8 Å². The molecule has 0 spiro atoms. The van der Waals surface area contributed by atoms with Gasteiger partial charge in [-0.3, -0.25) is 9.59 Å². The van der Waals surface area contributed by atoms with Crippen LogP contribution in [0, 0.1) is 5.92 Å². The van der Waals surface area contributed by atoms with Gasteiger partial charge in [0, 0.05) is 13.1 Å². The van der Waals surface area contributed by atoms with Crippen LogP contribution in [0.1, 0.15) is 26.3 Å². The van der Waals surface area contributed by atoms with Crippen molar-refractivity contribution in [1.82, 2.24) is 10.2 Å². The molecule has 6 heteroatoms. The third-order valence-electron chi connectivity index (χ3n) is 5.52. The van der Waals surface area contributed by atoms with Gasteiger partial charge < -0.3 is 15.0 Å². The molecule has 0 heterocycles. The molecule has 1 atom stereocenters. The number of amides is 2. The van der Waals surface area contributed by atoms with E-state index in [1.807, 2.05) is 80.6 Å². The lowest BCUT2D eigenvalue weighted by Crippen LogP contribution is -2.50. The summed E-state index contributed by atoms with van der Waals surface area (Å²) in [4.78, 5) is 27.5. The Morgan fingerprint density at radius 3 is 2.39 bits per heavy atom. The molecule has 3 aromatic carbocycles. The summed E-state index contributed by atoms with van der Waals surface area (Å²) >= 11 is 3.60. The number of nitrogens with zero attached hydrogens (tertiary/aromatic N) is 1. The van der Waals surface area contributed by atoms with Crippen molar-refractivity contribution >= 4 is 38.5 Å². The summed E-state index contributed by atoms with van der Waals surface area (Å²) < 4.78 is 6.71. The molecule has 174 valence electrons. The number of rotatable bonds is 10. The monoisotopic (exact) mass is 510 g/mol. The van der Waals surface area contributed by atoms with Crippen molar-refractivity contribution in [2.75, 3.05) is 19.7 Å². The van der Waals surface area contributed by atoms with Crippen LogP contribution in [0.4, 0.5) is 0 Å². The average molecular weight is 511 g/mol. The SMILES string of the molecule is CC(C)CNC(=O)[C@@H](C)N(CCc1ccccc1)C(=O)COc1ccc2ccccc2c1Br. The zero-order valence-corrected chi connectivity index (χ0v) is 21.0. The largest absolute Gasteiger partial charge is 0.483 e. The number of hydrogen-bond donors (Lipinski definition) is 1. The average Bonchev–Trinajstić information content (AvgIpc) is 2.82. The molecule has 0 bridgehead atoms. The van der Waals surface area contributed by atoms with Crippen molar-refractivity contribution in [1.29, 1.82) is 0 Å². The summed E-state index contributed by atoms with van der Waals surface area (Å²) in [5.41, 5.74) is 1.11. The molecule has 0 aromatic heterocycles. The topological polar surface area (TPSA) is 58.6 Å². The van der Waals surface area contributed by atoms with E-state index in [0.29, 0.717) is 31.2 Å². The Hall–Kier alpha value is -2.86. The third kappa shape index (κ3) is 6.81.